The molecule has 1 aromatic heterocycles. The number of aryl methyl sites for hydroxylation is 2. The standard InChI is InChI=1S/C15H15N3O/c1-11-5-6-13(8-12(11)2)9-17-18-15(19)14-4-3-7-16-10-14/h3-10H,1-2H3,(H,18,19)/b17-9-. The molecule has 2 rings (SSSR count). The number of aromatic nitrogens is 1. The van der Waals surface area contributed by atoms with E-state index in [0.717, 1.165) is 5.56 Å². The van der Waals surface area contributed by atoms with Crippen LogP contribution in [0, 0.1) is 13.8 Å². The molecule has 0 aliphatic heterocycles. The first kappa shape index (κ1) is 13.0. The minimum absolute atomic E-state index is 0.270. The van der Waals surface area contributed by atoms with Gasteiger partial charge in [0.25, 0.3) is 5.91 Å². The predicted molar refractivity (Wildman–Crippen MR) is 75.2 cm³/mol. The number of rotatable bonds is 3. The van der Waals surface area contributed by atoms with E-state index in [1.165, 1.54) is 17.3 Å². The molecule has 0 radical (unpaired) electrons. The van der Waals surface area contributed by atoms with E-state index in [2.05, 4.69) is 22.4 Å². The summed E-state index contributed by atoms with van der Waals surface area (Å²) < 4.78 is 0. The smallest absolute Gasteiger partial charge is 0.267 e. The van der Waals surface area contributed by atoms with Crippen molar-refractivity contribution in [2.24, 2.45) is 5.10 Å². The van der Waals surface area contributed by atoms with E-state index in [0.29, 0.717) is 5.56 Å². The molecule has 1 aromatic carbocycles. The van der Waals surface area contributed by atoms with Gasteiger partial charge in [-0.1, -0.05) is 18.2 Å². The van der Waals surface area contributed by atoms with Crippen molar-refractivity contribution in [1.82, 2.24) is 10.4 Å². The molecular weight excluding hydrogens is 238 g/mol. The van der Waals surface area contributed by atoms with Crippen molar-refractivity contribution in [2.75, 3.05) is 0 Å². The van der Waals surface area contributed by atoms with Gasteiger partial charge in [-0.15, -0.1) is 0 Å². The Balaban J connectivity index is 2.00. The number of nitrogens with zero attached hydrogens (tertiary/aromatic N) is 2. The van der Waals surface area contributed by atoms with Crippen LogP contribution < -0.4 is 5.43 Å². The number of benzene rings is 1. The number of hydrazone groups is 1. The average molecular weight is 253 g/mol. The minimum atomic E-state index is -0.270. The highest BCUT2D eigenvalue weighted by Gasteiger charge is 2.02. The van der Waals surface area contributed by atoms with Crippen LogP contribution in [-0.4, -0.2) is 17.1 Å². The zero-order valence-corrected chi connectivity index (χ0v) is 10.9. The number of nitrogens with one attached hydrogen (secondary N) is 1. The van der Waals surface area contributed by atoms with E-state index in [4.69, 9.17) is 0 Å². The number of pyridine rings is 1. The zero-order chi connectivity index (χ0) is 13.7. The van der Waals surface area contributed by atoms with Crippen molar-refractivity contribution in [3.8, 4) is 0 Å². The van der Waals surface area contributed by atoms with Crippen LogP contribution in [0.5, 0.6) is 0 Å². The Labute approximate surface area is 112 Å². The Kier molecular flexibility index (Phi) is 4.03. The number of amides is 1. The molecule has 0 unspecified atom stereocenters. The fourth-order valence-corrected chi connectivity index (χ4v) is 1.57. The van der Waals surface area contributed by atoms with Crippen molar-refractivity contribution >= 4 is 12.1 Å². The van der Waals surface area contributed by atoms with E-state index in [1.54, 1.807) is 24.5 Å². The molecule has 1 N–H and O–H groups in total. The van der Waals surface area contributed by atoms with Crippen LogP contribution in [0.15, 0.2) is 47.8 Å². The normalized spacial score (nSPS) is 10.6. The van der Waals surface area contributed by atoms with Gasteiger partial charge in [0.2, 0.25) is 0 Å². The number of hydrogen-bond acceptors (Lipinski definition) is 3. The molecule has 0 aliphatic rings. The largest absolute Gasteiger partial charge is 0.272 e. The van der Waals surface area contributed by atoms with Gasteiger partial charge in [0, 0.05) is 12.4 Å². The van der Waals surface area contributed by atoms with Crippen molar-refractivity contribution in [3.63, 3.8) is 0 Å². The first-order chi connectivity index (χ1) is 9.16. The summed E-state index contributed by atoms with van der Waals surface area (Å²) in [6, 6.07) is 9.41. The summed E-state index contributed by atoms with van der Waals surface area (Å²) in [6.07, 6.45) is 4.75. The molecule has 96 valence electrons. The molecule has 1 amide bonds. The molecular formula is C15H15N3O. The Bertz CT molecular complexity index is 606. The van der Waals surface area contributed by atoms with Gasteiger partial charge in [0.1, 0.15) is 0 Å². The lowest BCUT2D eigenvalue weighted by molar-refractivity contribution is 0.0955. The molecule has 4 nitrogen and oxygen atoms in total. The van der Waals surface area contributed by atoms with Gasteiger partial charge in [-0.25, -0.2) is 5.43 Å². The molecule has 0 saturated carbocycles. The van der Waals surface area contributed by atoms with Gasteiger partial charge in [0.05, 0.1) is 11.8 Å². The third-order valence-electron chi connectivity index (χ3n) is 2.83. The molecule has 2 aromatic rings. The second-order valence-electron chi connectivity index (χ2n) is 4.28. The maximum Gasteiger partial charge on any atom is 0.272 e. The highest BCUT2D eigenvalue weighted by atomic mass is 16.2. The average Bonchev–Trinajstić information content (AvgIpc) is 2.43. The molecule has 1 heterocycles. The highest BCUT2D eigenvalue weighted by molar-refractivity contribution is 5.94. The van der Waals surface area contributed by atoms with Gasteiger partial charge >= 0.3 is 0 Å². The van der Waals surface area contributed by atoms with Crippen LogP contribution in [0.25, 0.3) is 0 Å². The fourth-order valence-electron chi connectivity index (χ4n) is 1.57. The van der Waals surface area contributed by atoms with Crippen molar-refractivity contribution in [3.05, 3.63) is 65.0 Å². The Morgan fingerprint density at radius 1 is 1.26 bits per heavy atom. The number of carbonyl (C=O) groups is 1. The molecule has 0 atom stereocenters. The number of carbonyl (C=O) groups excluding carboxylic acids is 1. The number of hydrogen-bond donors (Lipinski definition) is 1. The molecule has 0 bridgehead atoms. The van der Waals surface area contributed by atoms with Crippen LogP contribution >= 0.6 is 0 Å². The minimum Gasteiger partial charge on any atom is -0.267 e. The summed E-state index contributed by atoms with van der Waals surface area (Å²) in [5.41, 5.74) is 6.34. The Hall–Kier alpha value is -2.49. The molecule has 0 fully saturated rings. The maximum atomic E-state index is 11.7. The topological polar surface area (TPSA) is 54.4 Å². The molecule has 0 aliphatic carbocycles. The summed E-state index contributed by atoms with van der Waals surface area (Å²) in [5, 5.41) is 3.94. The van der Waals surface area contributed by atoms with E-state index >= 15 is 0 Å². The van der Waals surface area contributed by atoms with Gasteiger partial charge < -0.3 is 0 Å². The van der Waals surface area contributed by atoms with Gasteiger partial charge in [-0.2, -0.15) is 5.10 Å². The molecule has 0 spiro atoms. The van der Waals surface area contributed by atoms with E-state index in [1.807, 2.05) is 25.1 Å². The zero-order valence-electron chi connectivity index (χ0n) is 10.9. The van der Waals surface area contributed by atoms with Gasteiger partial charge in [0.15, 0.2) is 0 Å². The quantitative estimate of drug-likeness (QED) is 0.674. The van der Waals surface area contributed by atoms with Crippen molar-refractivity contribution in [2.45, 2.75) is 13.8 Å². The summed E-state index contributed by atoms with van der Waals surface area (Å²) >= 11 is 0. The fraction of sp³-hybridized carbons (Fsp3) is 0.133. The molecule has 4 heteroatoms. The van der Waals surface area contributed by atoms with Crippen molar-refractivity contribution < 1.29 is 4.79 Å². The second-order valence-corrected chi connectivity index (χ2v) is 4.28. The summed E-state index contributed by atoms with van der Waals surface area (Å²) in [4.78, 5) is 15.6. The van der Waals surface area contributed by atoms with E-state index < -0.39 is 0 Å². The van der Waals surface area contributed by atoms with Crippen LogP contribution in [-0.2, 0) is 0 Å². The lowest BCUT2D eigenvalue weighted by Gasteiger charge is -2.01. The predicted octanol–water partition coefficient (Wildman–Crippen LogP) is 2.46. The lowest BCUT2D eigenvalue weighted by Crippen LogP contribution is -2.17. The SMILES string of the molecule is Cc1ccc(/C=N\NC(=O)c2cccnc2)cc1C. The second kappa shape index (κ2) is 5.91. The van der Waals surface area contributed by atoms with Crippen LogP contribution in [0.2, 0.25) is 0 Å². The Morgan fingerprint density at radius 3 is 2.79 bits per heavy atom. The van der Waals surface area contributed by atoms with Crippen LogP contribution in [0.3, 0.4) is 0 Å². The first-order valence-electron chi connectivity index (χ1n) is 5.97. The third kappa shape index (κ3) is 3.48. The van der Waals surface area contributed by atoms with Crippen LogP contribution in [0.1, 0.15) is 27.0 Å². The maximum absolute atomic E-state index is 11.7. The van der Waals surface area contributed by atoms with Crippen molar-refractivity contribution in [1.29, 1.82) is 0 Å². The van der Waals surface area contributed by atoms with E-state index in [9.17, 15) is 4.79 Å². The monoisotopic (exact) mass is 253 g/mol. The summed E-state index contributed by atoms with van der Waals surface area (Å²) in [6.45, 7) is 4.10. The van der Waals surface area contributed by atoms with E-state index in [-0.39, 0.29) is 5.91 Å². The molecule has 19 heavy (non-hydrogen) atoms. The van der Waals surface area contributed by atoms with Gasteiger partial charge in [-0.05, 0) is 42.7 Å². The van der Waals surface area contributed by atoms with Gasteiger partial charge in [-0.3, -0.25) is 9.78 Å². The summed E-state index contributed by atoms with van der Waals surface area (Å²) in [5.74, 6) is -0.270. The lowest BCUT2D eigenvalue weighted by atomic mass is 10.1. The van der Waals surface area contributed by atoms with Crippen LogP contribution in [0.4, 0.5) is 0 Å². The summed E-state index contributed by atoms with van der Waals surface area (Å²) in [7, 11) is 0. The third-order valence-corrected chi connectivity index (χ3v) is 2.83. The first-order valence-corrected chi connectivity index (χ1v) is 5.97. The molecule has 0 saturated heterocycles. The highest BCUT2D eigenvalue weighted by Crippen LogP contribution is 2.07. The Morgan fingerprint density at radius 2 is 2.11 bits per heavy atom.